The number of amides is 2. The van der Waals surface area contributed by atoms with Crippen LogP contribution in [0.2, 0.25) is 5.15 Å². The highest BCUT2D eigenvalue weighted by Gasteiger charge is 2.24. The second kappa shape index (κ2) is 7.33. The zero-order valence-corrected chi connectivity index (χ0v) is 15.5. The van der Waals surface area contributed by atoms with Gasteiger partial charge in [-0.2, -0.15) is 10.2 Å². The van der Waals surface area contributed by atoms with Gasteiger partial charge in [-0.1, -0.05) is 18.2 Å². The Kier molecular flexibility index (Phi) is 5.13. The maximum Gasteiger partial charge on any atom is 0.250 e. The number of rotatable bonds is 7. The van der Waals surface area contributed by atoms with Crippen LogP contribution in [0, 0.1) is 6.92 Å². The third-order valence-corrected chi connectivity index (χ3v) is 4.68. The fraction of sp³-hybridized carbons (Fsp3) is 0.412. The smallest absolute Gasteiger partial charge is 0.250 e. The predicted molar refractivity (Wildman–Crippen MR) is 97.7 cm³/mol. The summed E-state index contributed by atoms with van der Waals surface area (Å²) in [7, 11) is 1.75. The van der Waals surface area contributed by atoms with Crippen LogP contribution in [0.15, 0.2) is 25.0 Å². The van der Waals surface area contributed by atoms with Crippen molar-refractivity contribution in [3.8, 4) is 0 Å². The molecule has 2 amide bonds. The zero-order chi connectivity index (χ0) is 18.8. The number of hydrogen-bond acceptors (Lipinski definition) is 4. The van der Waals surface area contributed by atoms with Gasteiger partial charge >= 0.3 is 0 Å². The lowest BCUT2D eigenvalue weighted by Gasteiger charge is -2.19. The molecule has 26 heavy (non-hydrogen) atoms. The molecule has 0 radical (unpaired) electrons. The standard InChI is InChI=1S/C17H21ClN6O2/c1-4-16(26)24(9-14-11(2)21-22(3)17(14)18)13-7-19-23(8-13)10-15(25)20-12-5-6-12/h4,7-8,12H,1,5-6,9-10H2,2-3H3,(H,20,25). The van der Waals surface area contributed by atoms with Crippen LogP contribution in [0.1, 0.15) is 24.1 Å². The molecular formula is C17H21ClN6O2. The Hall–Kier alpha value is -2.61. The summed E-state index contributed by atoms with van der Waals surface area (Å²) in [6, 6.07) is 0.298. The van der Waals surface area contributed by atoms with Crippen molar-refractivity contribution < 1.29 is 9.59 Å². The summed E-state index contributed by atoms with van der Waals surface area (Å²) in [5, 5.41) is 11.8. The van der Waals surface area contributed by atoms with E-state index in [0.29, 0.717) is 16.9 Å². The van der Waals surface area contributed by atoms with Crippen molar-refractivity contribution in [3.05, 3.63) is 41.5 Å². The van der Waals surface area contributed by atoms with Crippen LogP contribution in [0.5, 0.6) is 0 Å². The Labute approximate surface area is 156 Å². The Bertz CT molecular complexity index is 852. The second-order valence-corrected chi connectivity index (χ2v) is 6.70. The van der Waals surface area contributed by atoms with Gasteiger partial charge in [0.05, 0.1) is 24.1 Å². The summed E-state index contributed by atoms with van der Waals surface area (Å²) in [6.07, 6.45) is 6.50. The molecule has 3 rings (SSSR count). The highest BCUT2D eigenvalue weighted by Crippen LogP contribution is 2.24. The zero-order valence-electron chi connectivity index (χ0n) is 14.8. The first-order valence-electron chi connectivity index (χ1n) is 8.32. The Balaban J connectivity index is 1.78. The van der Waals surface area contributed by atoms with Crippen LogP contribution in [0.4, 0.5) is 5.69 Å². The number of hydrogen-bond donors (Lipinski definition) is 1. The minimum absolute atomic E-state index is 0.0881. The van der Waals surface area contributed by atoms with Crippen molar-refractivity contribution in [1.29, 1.82) is 0 Å². The molecule has 1 saturated carbocycles. The third-order valence-electron chi connectivity index (χ3n) is 4.21. The minimum Gasteiger partial charge on any atom is -0.352 e. The highest BCUT2D eigenvalue weighted by atomic mass is 35.5. The SMILES string of the molecule is C=CC(=O)N(Cc1c(C)nn(C)c1Cl)c1cnn(CC(=O)NC2CC2)c1. The first-order chi connectivity index (χ1) is 12.4. The summed E-state index contributed by atoms with van der Waals surface area (Å²) in [5.74, 6) is -0.374. The Morgan fingerprint density at radius 1 is 1.50 bits per heavy atom. The van der Waals surface area contributed by atoms with Crippen LogP contribution < -0.4 is 10.2 Å². The Morgan fingerprint density at radius 2 is 2.23 bits per heavy atom. The third kappa shape index (κ3) is 3.96. The minimum atomic E-state index is -0.286. The van der Waals surface area contributed by atoms with Crippen molar-refractivity contribution in [3.63, 3.8) is 0 Å². The van der Waals surface area contributed by atoms with Gasteiger partial charge in [-0.05, 0) is 25.8 Å². The van der Waals surface area contributed by atoms with Gasteiger partial charge in [0.25, 0.3) is 5.91 Å². The number of anilines is 1. The second-order valence-electron chi connectivity index (χ2n) is 6.34. The summed E-state index contributed by atoms with van der Waals surface area (Å²) >= 11 is 6.28. The summed E-state index contributed by atoms with van der Waals surface area (Å²) in [6.45, 7) is 5.74. The van der Waals surface area contributed by atoms with E-state index in [1.807, 2.05) is 6.92 Å². The van der Waals surface area contributed by atoms with Crippen molar-refractivity contribution in [2.45, 2.75) is 38.9 Å². The molecule has 1 aliphatic carbocycles. The largest absolute Gasteiger partial charge is 0.352 e. The Morgan fingerprint density at radius 3 is 2.81 bits per heavy atom. The van der Waals surface area contributed by atoms with E-state index in [0.717, 1.165) is 24.1 Å². The summed E-state index contributed by atoms with van der Waals surface area (Å²) in [4.78, 5) is 25.8. The molecule has 138 valence electrons. The monoisotopic (exact) mass is 376 g/mol. The van der Waals surface area contributed by atoms with Gasteiger partial charge in [-0.15, -0.1) is 0 Å². The van der Waals surface area contributed by atoms with Crippen LogP contribution in [0.3, 0.4) is 0 Å². The highest BCUT2D eigenvalue weighted by molar-refractivity contribution is 6.30. The van der Waals surface area contributed by atoms with Gasteiger partial charge in [-0.25, -0.2) is 0 Å². The van der Waals surface area contributed by atoms with Crippen LogP contribution in [0.25, 0.3) is 0 Å². The lowest BCUT2D eigenvalue weighted by molar-refractivity contribution is -0.122. The van der Waals surface area contributed by atoms with Gasteiger partial charge in [0.2, 0.25) is 5.91 Å². The van der Waals surface area contributed by atoms with Crippen LogP contribution >= 0.6 is 11.6 Å². The van der Waals surface area contributed by atoms with E-state index in [-0.39, 0.29) is 24.9 Å². The van der Waals surface area contributed by atoms with Gasteiger partial charge in [0.1, 0.15) is 11.7 Å². The number of aromatic nitrogens is 4. The molecule has 1 aliphatic rings. The van der Waals surface area contributed by atoms with E-state index in [1.54, 1.807) is 24.1 Å². The fourth-order valence-electron chi connectivity index (χ4n) is 2.64. The van der Waals surface area contributed by atoms with Crippen molar-refractivity contribution in [2.75, 3.05) is 4.90 Å². The molecule has 2 aromatic rings. The molecule has 9 heteroatoms. The molecule has 8 nitrogen and oxygen atoms in total. The van der Waals surface area contributed by atoms with Crippen molar-refractivity contribution in [2.24, 2.45) is 7.05 Å². The molecule has 0 bridgehead atoms. The van der Waals surface area contributed by atoms with Crippen LogP contribution in [-0.2, 0) is 29.7 Å². The first-order valence-corrected chi connectivity index (χ1v) is 8.70. The molecule has 0 aliphatic heterocycles. The fourth-order valence-corrected chi connectivity index (χ4v) is 2.88. The molecule has 0 saturated heterocycles. The summed E-state index contributed by atoms with van der Waals surface area (Å²) < 4.78 is 3.07. The molecule has 0 spiro atoms. The van der Waals surface area contributed by atoms with Gasteiger partial charge in [0, 0.05) is 24.8 Å². The molecule has 0 unspecified atom stereocenters. The molecule has 2 aromatic heterocycles. The molecule has 1 N–H and O–H groups in total. The first kappa shape index (κ1) is 18.2. The molecule has 1 fully saturated rings. The quantitative estimate of drug-likeness (QED) is 0.743. The van der Waals surface area contributed by atoms with Gasteiger partial charge < -0.3 is 10.2 Å². The average molecular weight is 377 g/mol. The van der Waals surface area contributed by atoms with Gasteiger partial charge in [-0.3, -0.25) is 19.0 Å². The number of nitrogens with one attached hydrogen (secondary N) is 1. The number of aryl methyl sites for hydroxylation is 2. The van der Waals surface area contributed by atoms with Crippen molar-refractivity contribution >= 4 is 29.1 Å². The van der Waals surface area contributed by atoms with E-state index >= 15 is 0 Å². The number of carbonyl (C=O) groups excluding carboxylic acids is 2. The lowest BCUT2D eigenvalue weighted by atomic mass is 10.2. The number of carbonyl (C=O) groups is 2. The van der Waals surface area contributed by atoms with Gasteiger partial charge in [0.15, 0.2) is 0 Å². The number of nitrogens with zero attached hydrogens (tertiary/aromatic N) is 5. The number of halogens is 1. The molecular weight excluding hydrogens is 356 g/mol. The van der Waals surface area contributed by atoms with E-state index < -0.39 is 0 Å². The van der Waals surface area contributed by atoms with E-state index in [4.69, 9.17) is 11.6 Å². The predicted octanol–water partition coefficient (Wildman–Crippen LogP) is 1.58. The maximum absolute atomic E-state index is 12.4. The molecule has 0 aromatic carbocycles. The molecule has 2 heterocycles. The normalized spacial score (nSPS) is 13.5. The van der Waals surface area contributed by atoms with E-state index in [9.17, 15) is 9.59 Å². The topological polar surface area (TPSA) is 85.1 Å². The summed E-state index contributed by atoms with van der Waals surface area (Å²) in [5.41, 5.74) is 2.06. The van der Waals surface area contributed by atoms with Crippen LogP contribution in [-0.4, -0.2) is 37.4 Å². The van der Waals surface area contributed by atoms with E-state index in [2.05, 4.69) is 22.1 Å². The van der Waals surface area contributed by atoms with Crippen molar-refractivity contribution in [1.82, 2.24) is 24.9 Å². The molecule has 0 atom stereocenters. The average Bonchev–Trinajstić information content (AvgIpc) is 3.23. The lowest BCUT2D eigenvalue weighted by Crippen LogP contribution is -2.30. The van der Waals surface area contributed by atoms with E-state index in [1.165, 1.54) is 15.7 Å². The maximum atomic E-state index is 12.4.